The number of aromatic nitrogens is 3. The van der Waals surface area contributed by atoms with Crippen molar-refractivity contribution in [2.45, 2.75) is 46.7 Å². The maximum atomic E-state index is 12.5. The molecule has 1 heterocycles. The molecule has 8 heteroatoms. The van der Waals surface area contributed by atoms with Crippen LogP contribution in [0.1, 0.15) is 49.5 Å². The number of ether oxygens (including phenoxy) is 2. The third-order valence-electron chi connectivity index (χ3n) is 4.68. The third kappa shape index (κ3) is 6.47. The van der Waals surface area contributed by atoms with E-state index in [2.05, 4.69) is 20.7 Å². The summed E-state index contributed by atoms with van der Waals surface area (Å²) in [5.41, 5.74) is 2.11. The minimum absolute atomic E-state index is 0.0942. The average molecular weight is 438 g/mol. The van der Waals surface area contributed by atoms with Gasteiger partial charge in [0.1, 0.15) is 11.5 Å². The minimum Gasteiger partial charge on any atom is -0.494 e. The molecule has 0 fully saturated rings. The lowest BCUT2D eigenvalue weighted by molar-refractivity contribution is 0.0888. The quantitative estimate of drug-likeness (QED) is 0.423. The van der Waals surface area contributed by atoms with E-state index in [0.29, 0.717) is 44.6 Å². The molecular weight excluding hydrogens is 406 g/mol. The Labute approximate surface area is 189 Å². The van der Waals surface area contributed by atoms with Gasteiger partial charge in [-0.3, -0.25) is 4.79 Å². The molecule has 0 aliphatic carbocycles. The lowest BCUT2D eigenvalue weighted by atomic mass is 10.2. The van der Waals surface area contributed by atoms with Crippen LogP contribution >= 0.6 is 0 Å². The maximum absolute atomic E-state index is 12.5. The van der Waals surface area contributed by atoms with Gasteiger partial charge in [-0.15, -0.1) is 5.10 Å². The Morgan fingerprint density at radius 2 is 1.38 bits per heavy atom. The van der Waals surface area contributed by atoms with Gasteiger partial charge in [-0.05, 0) is 55.7 Å². The lowest BCUT2D eigenvalue weighted by Crippen LogP contribution is -2.16. The first kappa shape index (κ1) is 23.1. The molecule has 1 aromatic heterocycles. The Balaban J connectivity index is 1.66. The Hall–Kier alpha value is -3.55. The molecule has 3 aromatic rings. The summed E-state index contributed by atoms with van der Waals surface area (Å²) in [4.78, 5) is 17.0. The number of benzene rings is 2. The topological polar surface area (TPSA) is 90.3 Å². The van der Waals surface area contributed by atoms with Crippen molar-refractivity contribution in [3.8, 4) is 11.5 Å². The zero-order valence-electron chi connectivity index (χ0n) is 18.9. The minimum atomic E-state index is -0.0942. The smallest absolute Gasteiger partial charge is 0.250 e. The number of anilines is 2. The summed E-state index contributed by atoms with van der Waals surface area (Å²) in [6.45, 7) is 8.20. The first-order chi connectivity index (χ1) is 15.6. The van der Waals surface area contributed by atoms with Gasteiger partial charge >= 0.3 is 0 Å². The van der Waals surface area contributed by atoms with Gasteiger partial charge in [-0.25, -0.2) is 0 Å². The highest BCUT2D eigenvalue weighted by atomic mass is 16.5. The summed E-state index contributed by atoms with van der Waals surface area (Å²) in [5.74, 6) is 2.40. The van der Waals surface area contributed by atoms with Crippen LogP contribution in [-0.2, 0) is 13.1 Å². The molecule has 0 saturated heterocycles. The van der Waals surface area contributed by atoms with Crippen LogP contribution in [0.25, 0.3) is 0 Å². The molecule has 32 heavy (non-hydrogen) atoms. The summed E-state index contributed by atoms with van der Waals surface area (Å²) in [5, 5.41) is 10.8. The molecule has 0 bridgehead atoms. The monoisotopic (exact) mass is 437 g/mol. The van der Waals surface area contributed by atoms with E-state index in [1.807, 2.05) is 69.3 Å². The summed E-state index contributed by atoms with van der Waals surface area (Å²) in [6, 6.07) is 15.7. The zero-order valence-corrected chi connectivity index (χ0v) is 18.9. The number of hydrogen-bond acceptors (Lipinski definition) is 7. The lowest BCUT2D eigenvalue weighted by Gasteiger charge is -2.08. The van der Waals surface area contributed by atoms with Gasteiger partial charge in [0.05, 0.1) is 13.2 Å². The standard InChI is InChI=1S/C24H31N5O3/c1-4-7-22(30)29-24(26-17-19-10-14-21(15-11-19)32-6-3)27-23(28-29)25-16-18-8-12-20(13-9-18)31-5-2/h8-15H,4-7,16-17H2,1-3H3,(H2,25,26,27,28). The van der Waals surface area contributed by atoms with E-state index < -0.39 is 0 Å². The Morgan fingerprint density at radius 3 is 1.88 bits per heavy atom. The van der Waals surface area contributed by atoms with Crippen LogP contribution in [0.5, 0.6) is 11.5 Å². The first-order valence-electron chi connectivity index (χ1n) is 11.0. The maximum Gasteiger partial charge on any atom is 0.250 e. The highest BCUT2D eigenvalue weighted by Gasteiger charge is 2.15. The molecule has 2 aromatic carbocycles. The Morgan fingerprint density at radius 1 is 0.844 bits per heavy atom. The molecule has 0 spiro atoms. The second-order valence-corrected chi connectivity index (χ2v) is 7.18. The Kier molecular flexibility index (Phi) is 8.48. The van der Waals surface area contributed by atoms with E-state index in [1.165, 1.54) is 4.68 Å². The van der Waals surface area contributed by atoms with E-state index in [1.54, 1.807) is 0 Å². The zero-order chi connectivity index (χ0) is 22.8. The highest BCUT2D eigenvalue weighted by Crippen LogP contribution is 2.17. The van der Waals surface area contributed by atoms with E-state index in [9.17, 15) is 4.79 Å². The molecule has 0 saturated carbocycles. The summed E-state index contributed by atoms with van der Waals surface area (Å²) < 4.78 is 12.3. The number of rotatable bonds is 12. The van der Waals surface area contributed by atoms with Gasteiger partial charge in [-0.2, -0.15) is 9.67 Å². The van der Waals surface area contributed by atoms with E-state index in [4.69, 9.17) is 9.47 Å². The van der Waals surface area contributed by atoms with Crippen molar-refractivity contribution in [3.05, 3.63) is 59.7 Å². The fraction of sp³-hybridized carbons (Fsp3) is 0.375. The van der Waals surface area contributed by atoms with E-state index in [-0.39, 0.29) is 5.91 Å². The molecule has 0 unspecified atom stereocenters. The predicted molar refractivity (Wildman–Crippen MR) is 125 cm³/mol. The second kappa shape index (κ2) is 11.7. The first-order valence-corrected chi connectivity index (χ1v) is 11.0. The van der Waals surface area contributed by atoms with Crippen LogP contribution in [0.15, 0.2) is 48.5 Å². The van der Waals surface area contributed by atoms with E-state index >= 15 is 0 Å². The van der Waals surface area contributed by atoms with Crippen molar-refractivity contribution in [1.82, 2.24) is 14.8 Å². The van der Waals surface area contributed by atoms with Crippen LogP contribution in [0.3, 0.4) is 0 Å². The molecule has 0 radical (unpaired) electrons. The van der Waals surface area contributed by atoms with Crippen LogP contribution < -0.4 is 20.1 Å². The van der Waals surface area contributed by atoms with Crippen molar-refractivity contribution in [2.24, 2.45) is 0 Å². The van der Waals surface area contributed by atoms with Crippen molar-refractivity contribution in [3.63, 3.8) is 0 Å². The van der Waals surface area contributed by atoms with Crippen molar-refractivity contribution < 1.29 is 14.3 Å². The molecule has 0 aliphatic heterocycles. The third-order valence-corrected chi connectivity index (χ3v) is 4.68. The molecule has 8 nitrogen and oxygen atoms in total. The molecular formula is C24H31N5O3. The molecule has 170 valence electrons. The van der Waals surface area contributed by atoms with Crippen molar-refractivity contribution in [1.29, 1.82) is 0 Å². The van der Waals surface area contributed by atoms with Gasteiger partial charge < -0.3 is 20.1 Å². The van der Waals surface area contributed by atoms with Crippen LogP contribution in [0, 0.1) is 0 Å². The summed E-state index contributed by atoms with van der Waals surface area (Å²) in [6.07, 6.45) is 1.14. The van der Waals surface area contributed by atoms with Crippen LogP contribution in [-0.4, -0.2) is 33.9 Å². The normalized spacial score (nSPS) is 10.6. The van der Waals surface area contributed by atoms with Crippen LogP contribution in [0.4, 0.5) is 11.9 Å². The number of carbonyl (C=O) groups excluding carboxylic acids is 1. The van der Waals surface area contributed by atoms with E-state index in [0.717, 1.165) is 29.0 Å². The van der Waals surface area contributed by atoms with Gasteiger partial charge in [-0.1, -0.05) is 31.2 Å². The molecule has 0 aliphatic rings. The average Bonchev–Trinajstić information content (AvgIpc) is 3.22. The predicted octanol–water partition coefficient (Wildman–Crippen LogP) is 4.74. The fourth-order valence-electron chi connectivity index (χ4n) is 3.10. The number of nitrogens with one attached hydrogen (secondary N) is 2. The second-order valence-electron chi connectivity index (χ2n) is 7.18. The van der Waals surface area contributed by atoms with Gasteiger partial charge in [0.2, 0.25) is 17.8 Å². The fourth-order valence-corrected chi connectivity index (χ4v) is 3.10. The molecule has 3 rings (SSSR count). The van der Waals surface area contributed by atoms with Gasteiger partial charge in [0.15, 0.2) is 0 Å². The highest BCUT2D eigenvalue weighted by molar-refractivity contribution is 5.81. The van der Waals surface area contributed by atoms with Crippen molar-refractivity contribution >= 4 is 17.8 Å². The molecule has 0 atom stereocenters. The number of hydrogen-bond donors (Lipinski definition) is 2. The SMILES string of the molecule is CCCC(=O)n1nc(NCc2ccc(OCC)cc2)nc1NCc1ccc(OCC)cc1. The number of carbonyl (C=O) groups is 1. The van der Waals surface area contributed by atoms with Crippen LogP contribution in [0.2, 0.25) is 0 Å². The number of nitrogens with zero attached hydrogens (tertiary/aromatic N) is 3. The largest absolute Gasteiger partial charge is 0.494 e. The molecule has 2 N–H and O–H groups in total. The Bertz CT molecular complexity index is 984. The van der Waals surface area contributed by atoms with Gasteiger partial charge in [0, 0.05) is 19.5 Å². The summed E-state index contributed by atoms with van der Waals surface area (Å²) in [7, 11) is 0. The molecule has 0 amide bonds. The summed E-state index contributed by atoms with van der Waals surface area (Å²) >= 11 is 0. The van der Waals surface area contributed by atoms with Crippen molar-refractivity contribution in [2.75, 3.05) is 23.8 Å². The van der Waals surface area contributed by atoms with Gasteiger partial charge in [0.25, 0.3) is 0 Å².